The number of nitrogens with one attached hydrogen (secondary N) is 1. The van der Waals surface area contributed by atoms with Crippen LogP contribution in [-0.4, -0.2) is 66.9 Å². The van der Waals surface area contributed by atoms with Crippen LogP contribution >= 0.6 is 11.6 Å². The van der Waals surface area contributed by atoms with Gasteiger partial charge >= 0.3 is 6.03 Å². The summed E-state index contributed by atoms with van der Waals surface area (Å²) in [7, 11) is 0. The number of anilines is 1. The molecule has 8 heteroatoms. The minimum Gasteiger partial charge on any atom is -0.347 e. The van der Waals surface area contributed by atoms with Crippen LogP contribution in [0, 0.1) is 0 Å². The van der Waals surface area contributed by atoms with Gasteiger partial charge in [0, 0.05) is 61.2 Å². The Morgan fingerprint density at radius 2 is 1.71 bits per heavy atom. The second-order valence-electron chi connectivity index (χ2n) is 9.25. The Kier molecular flexibility index (Phi) is 6.77. The Hall–Kier alpha value is -2.61. The van der Waals surface area contributed by atoms with E-state index >= 15 is 0 Å². The molecule has 5 rings (SSSR count). The molecule has 3 saturated heterocycles. The van der Waals surface area contributed by atoms with Crippen LogP contribution in [-0.2, 0) is 9.47 Å². The third-order valence-corrected chi connectivity index (χ3v) is 7.29. The van der Waals surface area contributed by atoms with E-state index in [1.807, 2.05) is 28.0 Å². The van der Waals surface area contributed by atoms with Crippen molar-refractivity contribution < 1.29 is 19.1 Å². The van der Waals surface area contributed by atoms with Gasteiger partial charge < -0.3 is 24.6 Å². The van der Waals surface area contributed by atoms with Crippen molar-refractivity contribution in [3.63, 3.8) is 0 Å². The first-order chi connectivity index (χ1) is 16.5. The molecule has 3 heterocycles. The molecule has 0 saturated carbocycles. The number of nitrogens with zero attached hydrogens (tertiary/aromatic N) is 2. The summed E-state index contributed by atoms with van der Waals surface area (Å²) in [5.41, 5.74) is 2.52. The van der Waals surface area contributed by atoms with Crippen LogP contribution in [0.4, 0.5) is 10.5 Å². The smallest absolute Gasteiger partial charge is 0.321 e. The highest BCUT2D eigenvalue weighted by molar-refractivity contribution is 6.30. The maximum Gasteiger partial charge on any atom is 0.321 e. The minimum absolute atomic E-state index is 0.0443. The largest absolute Gasteiger partial charge is 0.347 e. The van der Waals surface area contributed by atoms with Gasteiger partial charge in [-0.15, -0.1) is 0 Å². The van der Waals surface area contributed by atoms with Crippen LogP contribution in [0.25, 0.3) is 0 Å². The first-order valence-corrected chi connectivity index (χ1v) is 12.4. The Balaban J connectivity index is 1.21. The number of halogens is 1. The maximum absolute atomic E-state index is 13.2. The molecular weight excluding hydrogens is 454 g/mol. The SMILES string of the molecule is O=C(Nc1ccc(Cl)cc1)N1CCC[C@@H](c2cccc(C(=O)N3CCC4(CC3)OCCO4)c2)C1. The van der Waals surface area contributed by atoms with Crippen molar-refractivity contribution in [1.82, 2.24) is 9.80 Å². The van der Waals surface area contributed by atoms with Gasteiger partial charge in [0.15, 0.2) is 5.79 Å². The molecule has 180 valence electrons. The van der Waals surface area contributed by atoms with Crippen LogP contribution in [0.15, 0.2) is 48.5 Å². The monoisotopic (exact) mass is 483 g/mol. The molecule has 3 amide bonds. The van der Waals surface area contributed by atoms with E-state index in [1.54, 1.807) is 24.3 Å². The topological polar surface area (TPSA) is 71.1 Å². The van der Waals surface area contributed by atoms with Gasteiger partial charge in [0.1, 0.15) is 0 Å². The number of benzene rings is 2. The van der Waals surface area contributed by atoms with Crippen molar-refractivity contribution in [3.05, 3.63) is 64.7 Å². The number of hydrogen-bond acceptors (Lipinski definition) is 4. The normalized spacial score (nSPS) is 22.1. The lowest BCUT2D eigenvalue weighted by molar-refractivity contribution is -0.181. The molecule has 3 aliphatic rings. The number of hydrogen-bond donors (Lipinski definition) is 1. The fraction of sp³-hybridized carbons (Fsp3) is 0.462. The first-order valence-electron chi connectivity index (χ1n) is 12.0. The van der Waals surface area contributed by atoms with Gasteiger partial charge in [-0.1, -0.05) is 23.7 Å². The number of amides is 3. The van der Waals surface area contributed by atoms with E-state index in [1.165, 1.54) is 0 Å². The van der Waals surface area contributed by atoms with Crippen molar-refractivity contribution in [1.29, 1.82) is 0 Å². The predicted molar refractivity (Wildman–Crippen MR) is 130 cm³/mol. The number of ether oxygens (including phenoxy) is 2. The number of likely N-dealkylation sites (tertiary alicyclic amines) is 2. The third-order valence-electron chi connectivity index (χ3n) is 7.04. The lowest BCUT2D eigenvalue weighted by Gasteiger charge is -2.37. The van der Waals surface area contributed by atoms with E-state index in [0.717, 1.165) is 24.1 Å². The second kappa shape index (κ2) is 9.94. The molecule has 3 fully saturated rings. The standard InChI is InChI=1S/C26H30ClN3O4/c27-22-6-8-23(9-7-22)28-25(32)30-12-2-5-21(18-30)19-3-1-4-20(17-19)24(31)29-13-10-26(11-14-29)33-15-16-34-26/h1,3-4,6-9,17,21H,2,5,10-16,18H2,(H,28,32)/t21-/m1/s1. The van der Waals surface area contributed by atoms with Crippen LogP contribution in [0.5, 0.6) is 0 Å². The molecule has 0 aliphatic carbocycles. The maximum atomic E-state index is 13.2. The summed E-state index contributed by atoms with van der Waals surface area (Å²) in [6.07, 6.45) is 3.33. The van der Waals surface area contributed by atoms with Crippen molar-refractivity contribution in [3.8, 4) is 0 Å². The fourth-order valence-electron chi connectivity index (χ4n) is 5.11. The summed E-state index contributed by atoms with van der Waals surface area (Å²) >= 11 is 5.94. The number of carbonyl (C=O) groups is 2. The van der Waals surface area contributed by atoms with E-state index in [2.05, 4.69) is 11.4 Å². The van der Waals surface area contributed by atoms with Gasteiger partial charge in [0.25, 0.3) is 5.91 Å². The zero-order chi connectivity index (χ0) is 23.5. The fourth-order valence-corrected chi connectivity index (χ4v) is 5.24. The zero-order valence-corrected chi connectivity index (χ0v) is 19.9. The summed E-state index contributed by atoms with van der Waals surface area (Å²) in [5.74, 6) is -0.248. The van der Waals surface area contributed by atoms with Crippen LogP contribution in [0.1, 0.15) is 47.5 Å². The highest BCUT2D eigenvalue weighted by Crippen LogP contribution is 2.32. The average molecular weight is 484 g/mol. The van der Waals surface area contributed by atoms with Crippen molar-refractivity contribution in [2.24, 2.45) is 0 Å². The number of carbonyl (C=O) groups excluding carboxylic acids is 2. The summed E-state index contributed by atoms with van der Waals surface area (Å²) in [5, 5.41) is 3.59. The van der Waals surface area contributed by atoms with Gasteiger partial charge in [-0.05, 0) is 54.8 Å². The summed E-state index contributed by atoms with van der Waals surface area (Å²) in [6.45, 7) is 3.86. The Labute approximate surface area is 205 Å². The highest BCUT2D eigenvalue weighted by Gasteiger charge is 2.41. The molecule has 0 radical (unpaired) electrons. The van der Waals surface area contributed by atoms with Gasteiger partial charge in [0.2, 0.25) is 0 Å². The molecule has 0 unspecified atom stereocenters. The Bertz CT molecular complexity index is 1030. The number of urea groups is 1. The van der Waals surface area contributed by atoms with E-state index in [4.69, 9.17) is 21.1 Å². The molecule has 7 nitrogen and oxygen atoms in total. The summed E-state index contributed by atoms with van der Waals surface area (Å²) in [4.78, 5) is 29.8. The molecule has 3 aliphatic heterocycles. The first kappa shape index (κ1) is 23.1. The van der Waals surface area contributed by atoms with Crippen molar-refractivity contribution >= 4 is 29.2 Å². The predicted octanol–water partition coefficient (Wildman–Crippen LogP) is 4.73. The molecule has 2 aromatic carbocycles. The van der Waals surface area contributed by atoms with Crippen molar-refractivity contribution in [2.45, 2.75) is 37.4 Å². The molecule has 34 heavy (non-hydrogen) atoms. The Morgan fingerprint density at radius 1 is 0.971 bits per heavy atom. The average Bonchev–Trinajstić information content (AvgIpc) is 3.33. The van der Waals surface area contributed by atoms with Gasteiger partial charge in [-0.2, -0.15) is 0 Å². The van der Waals surface area contributed by atoms with Crippen LogP contribution in [0.3, 0.4) is 0 Å². The lowest BCUT2D eigenvalue weighted by atomic mass is 9.89. The van der Waals surface area contributed by atoms with E-state index in [-0.39, 0.29) is 17.9 Å². The van der Waals surface area contributed by atoms with Crippen LogP contribution in [0.2, 0.25) is 5.02 Å². The summed E-state index contributed by atoms with van der Waals surface area (Å²) < 4.78 is 11.6. The highest BCUT2D eigenvalue weighted by atomic mass is 35.5. The third kappa shape index (κ3) is 5.06. The molecule has 1 spiro atoms. The molecule has 2 aromatic rings. The minimum atomic E-state index is -0.489. The molecule has 0 aromatic heterocycles. The van der Waals surface area contributed by atoms with Crippen LogP contribution < -0.4 is 5.32 Å². The number of rotatable bonds is 3. The number of piperidine rings is 2. The van der Waals surface area contributed by atoms with Crippen molar-refractivity contribution in [2.75, 3.05) is 44.7 Å². The summed E-state index contributed by atoms with van der Waals surface area (Å²) in [6, 6.07) is 14.9. The van der Waals surface area contributed by atoms with Gasteiger partial charge in [-0.3, -0.25) is 4.79 Å². The quantitative estimate of drug-likeness (QED) is 0.685. The van der Waals surface area contributed by atoms with Gasteiger partial charge in [0.05, 0.1) is 13.2 Å². The molecule has 0 bridgehead atoms. The zero-order valence-electron chi connectivity index (χ0n) is 19.2. The van der Waals surface area contributed by atoms with E-state index in [9.17, 15) is 9.59 Å². The second-order valence-corrected chi connectivity index (χ2v) is 9.68. The van der Waals surface area contributed by atoms with E-state index < -0.39 is 5.79 Å². The molecule has 1 N–H and O–H groups in total. The molecule has 1 atom stereocenters. The molecular formula is C26H30ClN3O4. The van der Waals surface area contributed by atoms with Gasteiger partial charge in [-0.25, -0.2) is 4.79 Å². The van der Waals surface area contributed by atoms with E-state index in [0.29, 0.717) is 62.8 Å². The lowest BCUT2D eigenvalue weighted by Crippen LogP contribution is -2.47. The Morgan fingerprint density at radius 3 is 2.44 bits per heavy atom.